The van der Waals surface area contributed by atoms with E-state index in [9.17, 15) is 14.4 Å². The summed E-state index contributed by atoms with van der Waals surface area (Å²) in [6.45, 7) is 0. The summed E-state index contributed by atoms with van der Waals surface area (Å²) in [5, 5.41) is 13.0. The van der Waals surface area contributed by atoms with Crippen LogP contribution in [0.4, 0.5) is 0 Å². The molecule has 18 heavy (non-hydrogen) atoms. The van der Waals surface area contributed by atoms with Crippen LogP contribution in [0.25, 0.3) is 0 Å². The Hall–Kier alpha value is -1.89. The third-order valence-electron chi connectivity index (χ3n) is 2.21. The molecular weight excluding hydrogens is 258 g/mol. The summed E-state index contributed by atoms with van der Waals surface area (Å²) < 4.78 is 4.42. The normalized spacial score (nSPS) is 11.6. The highest BCUT2D eigenvalue weighted by Gasteiger charge is 2.22. The highest BCUT2D eigenvalue weighted by molar-refractivity contribution is 7.12. The van der Waals surface area contributed by atoms with Gasteiger partial charge in [0.1, 0.15) is 6.04 Å². The van der Waals surface area contributed by atoms with Crippen LogP contribution in [0, 0.1) is 0 Å². The molecule has 1 amide bonds. The molecular formula is C11H13NO5S. The van der Waals surface area contributed by atoms with Crippen molar-refractivity contribution in [3.05, 3.63) is 22.4 Å². The molecule has 0 aliphatic heterocycles. The summed E-state index contributed by atoms with van der Waals surface area (Å²) in [5.41, 5.74) is 0. The Bertz CT molecular complexity index is 429. The Morgan fingerprint density at radius 2 is 2.22 bits per heavy atom. The molecule has 0 fully saturated rings. The Balaban J connectivity index is 2.55. The number of aliphatic carboxylic acids is 1. The summed E-state index contributed by atoms with van der Waals surface area (Å²) in [6.07, 6.45) is -0.0582. The zero-order valence-electron chi connectivity index (χ0n) is 9.71. The average Bonchev–Trinajstić information content (AvgIpc) is 2.87. The van der Waals surface area contributed by atoms with Crippen molar-refractivity contribution in [3.8, 4) is 0 Å². The first-order chi connectivity index (χ1) is 8.54. The molecule has 2 N–H and O–H groups in total. The van der Waals surface area contributed by atoms with Crippen molar-refractivity contribution in [3.63, 3.8) is 0 Å². The second-order valence-electron chi connectivity index (χ2n) is 3.46. The molecule has 1 atom stereocenters. The molecule has 1 heterocycles. The lowest BCUT2D eigenvalue weighted by atomic mass is 10.1. The van der Waals surface area contributed by atoms with E-state index in [4.69, 9.17) is 5.11 Å². The minimum absolute atomic E-state index is 0.000871. The standard InChI is InChI=1S/C11H13NO5S/c1-17-9(13)5-4-7(11(15)16)12-10(14)8-3-2-6-18-8/h2-3,6-7H,4-5H2,1H3,(H,12,14)(H,15,16)/t7-/m1/s1. The second kappa shape index (κ2) is 6.75. The molecule has 0 aliphatic carbocycles. The van der Waals surface area contributed by atoms with Gasteiger partial charge in [-0.1, -0.05) is 6.07 Å². The third kappa shape index (κ3) is 4.17. The van der Waals surface area contributed by atoms with Crippen LogP contribution in [0.3, 0.4) is 0 Å². The Labute approximate surface area is 108 Å². The van der Waals surface area contributed by atoms with E-state index in [0.717, 1.165) is 0 Å². The first-order valence-electron chi connectivity index (χ1n) is 5.18. The molecule has 0 aliphatic rings. The van der Waals surface area contributed by atoms with Gasteiger partial charge in [0.2, 0.25) is 0 Å². The van der Waals surface area contributed by atoms with Gasteiger partial charge in [0, 0.05) is 6.42 Å². The fourth-order valence-corrected chi connectivity index (χ4v) is 1.89. The molecule has 7 heteroatoms. The molecule has 0 saturated carbocycles. The van der Waals surface area contributed by atoms with Crippen LogP contribution in [0.5, 0.6) is 0 Å². The van der Waals surface area contributed by atoms with Crippen LogP contribution >= 0.6 is 11.3 Å². The minimum atomic E-state index is -1.18. The quantitative estimate of drug-likeness (QED) is 0.749. The van der Waals surface area contributed by atoms with Gasteiger partial charge in [0.25, 0.3) is 5.91 Å². The Morgan fingerprint density at radius 3 is 2.72 bits per heavy atom. The van der Waals surface area contributed by atoms with E-state index in [1.54, 1.807) is 17.5 Å². The number of nitrogens with one attached hydrogen (secondary N) is 1. The van der Waals surface area contributed by atoms with Gasteiger partial charge in [-0.2, -0.15) is 0 Å². The molecule has 6 nitrogen and oxygen atoms in total. The van der Waals surface area contributed by atoms with Gasteiger partial charge < -0.3 is 15.2 Å². The average molecular weight is 271 g/mol. The van der Waals surface area contributed by atoms with Gasteiger partial charge in [-0.3, -0.25) is 9.59 Å². The largest absolute Gasteiger partial charge is 0.480 e. The summed E-state index contributed by atoms with van der Waals surface area (Å²) in [4.78, 5) is 34.0. The van der Waals surface area contributed by atoms with E-state index in [0.29, 0.717) is 4.88 Å². The zero-order chi connectivity index (χ0) is 13.5. The molecule has 0 saturated heterocycles. The number of hydrogen-bond donors (Lipinski definition) is 2. The van der Waals surface area contributed by atoms with E-state index in [2.05, 4.69) is 10.1 Å². The fraction of sp³-hybridized carbons (Fsp3) is 0.364. The maximum absolute atomic E-state index is 11.7. The number of thiophene rings is 1. The number of carboxylic acid groups (broad SMARTS) is 1. The molecule has 98 valence electrons. The SMILES string of the molecule is COC(=O)CC[C@@H](NC(=O)c1cccs1)C(=O)O. The number of hydrogen-bond acceptors (Lipinski definition) is 5. The van der Waals surface area contributed by atoms with Gasteiger partial charge in [-0.05, 0) is 17.9 Å². The number of carboxylic acids is 1. The van der Waals surface area contributed by atoms with Gasteiger partial charge in [0.05, 0.1) is 12.0 Å². The molecule has 1 aromatic heterocycles. The first-order valence-corrected chi connectivity index (χ1v) is 6.06. The van der Waals surface area contributed by atoms with Crippen molar-refractivity contribution < 1.29 is 24.2 Å². The maximum atomic E-state index is 11.7. The molecule has 1 rings (SSSR count). The number of rotatable bonds is 6. The number of esters is 1. The molecule has 0 unspecified atom stereocenters. The lowest BCUT2D eigenvalue weighted by molar-refractivity contribution is -0.142. The number of methoxy groups -OCH3 is 1. The first kappa shape index (κ1) is 14.2. The number of carbonyl (C=O) groups is 3. The number of amides is 1. The van der Waals surface area contributed by atoms with Crippen LogP contribution in [-0.4, -0.2) is 36.1 Å². The van der Waals surface area contributed by atoms with Gasteiger partial charge in [-0.25, -0.2) is 4.79 Å². The van der Waals surface area contributed by atoms with Crippen LogP contribution in [0.2, 0.25) is 0 Å². The van der Waals surface area contributed by atoms with Gasteiger partial charge in [-0.15, -0.1) is 11.3 Å². The predicted octanol–water partition coefficient (Wildman–Crippen LogP) is 0.884. The lowest BCUT2D eigenvalue weighted by Crippen LogP contribution is -2.40. The monoisotopic (exact) mass is 271 g/mol. The van der Waals surface area contributed by atoms with Crippen molar-refractivity contribution in [1.82, 2.24) is 5.32 Å². The van der Waals surface area contributed by atoms with Crippen molar-refractivity contribution in [2.75, 3.05) is 7.11 Å². The van der Waals surface area contributed by atoms with Crippen molar-refractivity contribution in [1.29, 1.82) is 0 Å². The highest BCUT2D eigenvalue weighted by atomic mass is 32.1. The van der Waals surface area contributed by atoms with Crippen LogP contribution in [0.1, 0.15) is 22.5 Å². The minimum Gasteiger partial charge on any atom is -0.480 e. The lowest BCUT2D eigenvalue weighted by Gasteiger charge is -2.13. The number of carbonyl (C=O) groups excluding carboxylic acids is 2. The molecule has 0 radical (unpaired) electrons. The summed E-state index contributed by atoms with van der Waals surface area (Å²) >= 11 is 1.22. The van der Waals surface area contributed by atoms with Crippen molar-refractivity contribution >= 4 is 29.2 Å². The van der Waals surface area contributed by atoms with Crippen LogP contribution < -0.4 is 5.32 Å². The predicted molar refractivity (Wildman–Crippen MR) is 64.5 cm³/mol. The molecule has 1 aromatic rings. The van der Waals surface area contributed by atoms with Crippen LogP contribution in [0.15, 0.2) is 17.5 Å². The zero-order valence-corrected chi connectivity index (χ0v) is 10.5. The molecule has 0 aromatic carbocycles. The topological polar surface area (TPSA) is 92.7 Å². The Morgan fingerprint density at radius 1 is 1.50 bits per heavy atom. The summed E-state index contributed by atoms with van der Waals surface area (Å²) in [5.74, 6) is -2.14. The Kier molecular flexibility index (Phi) is 5.31. The molecule has 0 bridgehead atoms. The third-order valence-corrected chi connectivity index (χ3v) is 3.08. The second-order valence-corrected chi connectivity index (χ2v) is 4.40. The van der Waals surface area contributed by atoms with Crippen molar-refractivity contribution in [2.45, 2.75) is 18.9 Å². The van der Waals surface area contributed by atoms with Crippen LogP contribution in [-0.2, 0) is 14.3 Å². The maximum Gasteiger partial charge on any atom is 0.326 e. The molecule has 0 spiro atoms. The van der Waals surface area contributed by atoms with E-state index < -0.39 is 23.9 Å². The number of ether oxygens (including phenoxy) is 1. The van der Waals surface area contributed by atoms with E-state index >= 15 is 0 Å². The van der Waals surface area contributed by atoms with E-state index in [1.165, 1.54) is 18.4 Å². The highest BCUT2D eigenvalue weighted by Crippen LogP contribution is 2.09. The smallest absolute Gasteiger partial charge is 0.326 e. The van der Waals surface area contributed by atoms with E-state index in [1.807, 2.05) is 0 Å². The summed E-state index contributed by atoms with van der Waals surface area (Å²) in [6, 6.07) is 2.20. The fourth-order valence-electron chi connectivity index (χ4n) is 1.26. The summed E-state index contributed by atoms with van der Waals surface area (Å²) in [7, 11) is 1.22. The van der Waals surface area contributed by atoms with Crippen molar-refractivity contribution in [2.24, 2.45) is 0 Å². The van der Waals surface area contributed by atoms with Gasteiger partial charge in [0.15, 0.2) is 0 Å². The van der Waals surface area contributed by atoms with Gasteiger partial charge >= 0.3 is 11.9 Å². The van der Waals surface area contributed by atoms with E-state index in [-0.39, 0.29) is 12.8 Å².